The summed E-state index contributed by atoms with van der Waals surface area (Å²) in [6.07, 6.45) is 4.25. The van der Waals surface area contributed by atoms with Gasteiger partial charge in [-0.3, -0.25) is 9.59 Å². The largest absolute Gasteiger partial charge is 0.481 e. The number of aliphatic carboxylic acids is 1. The SMILES string of the molecule is CC(CCCC(=O)O)NC(=O)C1CCCC1N. The molecular weight excluding hydrogens is 220 g/mol. The molecule has 0 spiro atoms. The van der Waals surface area contributed by atoms with Gasteiger partial charge in [0.05, 0.1) is 5.92 Å². The Morgan fingerprint density at radius 1 is 1.47 bits per heavy atom. The van der Waals surface area contributed by atoms with E-state index >= 15 is 0 Å². The summed E-state index contributed by atoms with van der Waals surface area (Å²) >= 11 is 0. The monoisotopic (exact) mass is 242 g/mol. The Morgan fingerprint density at radius 3 is 2.71 bits per heavy atom. The molecule has 0 heterocycles. The summed E-state index contributed by atoms with van der Waals surface area (Å²) in [5.74, 6) is -0.823. The number of nitrogens with one attached hydrogen (secondary N) is 1. The Bertz CT molecular complexity index is 281. The van der Waals surface area contributed by atoms with Crippen molar-refractivity contribution in [2.75, 3.05) is 0 Å². The summed E-state index contributed by atoms with van der Waals surface area (Å²) in [5.41, 5.74) is 5.86. The Hall–Kier alpha value is -1.10. The van der Waals surface area contributed by atoms with Gasteiger partial charge in [-0.25, -0.2) is 0 Å². The van der Waals surface area contributed by atoms with Crippen LogP contribution in [0.3, 0.4) is 0 Å². The lowest BCUT2D eigenvalue weighted by atomic mass is 10.0. The molecule has 1 aliphatic rings. The number of carbonyl (C=O) groups is 2. The van der Waals surface area contributed by atoms with Crippen molar-refractivity contribution in [3.8, 4) is 0 Å². The molecule has 3 unspecified atom stereocenters. The van der Waals surface area contributed by atoms with Crippen LogP contribution in [0.5, 0.6) is 0 Å². The van der Waals surface area contributed by atoms with E-state index in [1.54, 1.807) is 0 Å². The minimum Gasteiger partial charge on any atom is -0.481 e. The van der Waals surface area contributed by atoms with Crippen molar-refractivity contribution in [1.29, 1.82) is 0 Å². The maximum Gasteiger partial charge on any atom is 0.303 e. The topological polar surface area (TPSA) is 92.4 Å². The van der Waals surface area contributed by atoms with Gasteiger partial charge in [0.2, 0.25) is 5.91 Å². The number of hydrogen-bond donors (Lipinski definition) is 3. The van der Waals surface area contributed by atoms with E-state index in [0.717, 1.165) is 19.3 Å². The molecule has 3 atom stereocenters. The molecule has 17 heavy (non-hydrogen) atoms. The lowest BCUT2D eigenvalue weighted by molar-refractivity contribution is -0.137. The van der Waals surface area contributed by atoms with Gasteiger partial charge in [0, 0.05) is 18.5 Å². The summed E-state index contributed by atoms with van der Waals surface area (Å²) in [5, 5.41) is 11.4. The highest BCUT2D eigenvalue weighted by Crippen LogP contribution is 2.24. The highest BCUT2D eigenvalue weighted by Gasteiger charge is 2.30. The fourth-order valence-corrected chi connectivity index (χ4v) is 2.30. The fourth-order valence-electron chi connectivity index (χ4n) is 2.30. The number of carboxylic acids is 1. The Kier molecular flexibility index (Phi) is 5.41. The van der Waals surface area contributed by atoms with E-state index in [2.05, 4.69) is 5.32 Å². The zero-order chi connectivity index (χ0) is 12.8. The van der Waals surface area contributed by atoms with Crippen molar-refractivity contribution in [2.24, 2.45) is 11.7 Å². The first kappa shape index (κ1) is 14.0. The Morgan fingerprint density at radius 2 is 2.18 bits per heavy atom. The second-order valence-electron chi connectivity index (χ2n) is 4.90. The molecule has 4 N–H and O–H groups in total. The summed E-state index contributed by atoms with van der Waals surface area (Å²) in [6.45, 7) is 1.90. The number of amides is 1. The molecule has 0 aromatic rings. The standard InChI is InChI=1S/C12H22N2O3/c1-8(4-2-7-11(15)16)14-12(17)9-5-3-6-10(9)13/h8-10H,2-7,13H2,1H3,(H,14,17)(H,15,16). The number of nitrogens with two attached hydrogens (primary N) is 1. The van der Waals surface area contributed by atoms with Crippen LogP contribution in [0.1, 0.15) is 45.4 Å². The fraction of sp³-hybridized carbons (Fsp3) is 0.833. The van der Waals surface area contributed by atoms with E-state index in [9.17, 15) is 9.59 Å². The molecule has 1 amide bonds. The predicted octanol–water partition coefficient (Wildman–Crippen LogP) is 0.873. The first-order valence-corrected chi connectivity index (χ1v) is 6.28. The van der Waals surface area contributed by atoms with Crippen molar-refractivity contribution < 1.29 is 14.7 Å². The van der Waals surface area contributed by atoms with Gasteiger partial charge < -0.3 is 16.2 Å². The van der Waals surface area contributed by atoms with Crippen LogP contribution >= 0.6 is 0 Å². The van der Waals surface area contributed by atoms with Crippen molar-refractivity contribution in [3.05, 3.63) is 0 Å². The molecule has 0 saturated heterocycles. The average molecular weight is 242 g/mol. The first-order valence-electron chi connectivity index (χ1n) is 6.28. The molecule has 1 fully saturated rings. The van der Waals surface area contributed by atoms with E-state index < -0.39 is 5.97 Å². The molecule has 0 aromatic carbocycles. The third kappa shape index (κ3) is 4.73. The second-order valence-corrected chi connectivity index (χ2v) is 4.90. The smallest absolute Gasteiger partial charge is 0.303 e. The zero-order valence-corrected chi connectivity index (χ0v) is 10.3. The van der Waals surface area contributed by atoms with Crippen LogP contribution in [0, 0.1) is 5.92 Å². The predicted molar refractivity (Wildman–Crippen MR) is 64.4 cm³/mol. The summed E-state index contributed by atoms with van der Waals surface area (Å²) < 4.78 is 0. The van der Waals surface area contributed by atoms with E-state index in [1.807, 2.05) is 6.92 Å². The van der Waals surface area contributed by atoms with Gasteiger partial charge in [0.1, 0.15) is 0 Å². The summed E-state index contributed by atoms with van der Waals surface area (Å²) in [4.78, 5) is 22.2. The lowest BCUT2D eigenvalue weighted by Gasteiger charge is -2.19. The molecule has 0 radical (unpaired) electrons. The second kappa shape index (κ2) is 6.59. The van der Waals surface area contributed by atoms with Crippen molar-refractivity contribution in [1.82, 2.24) is 5.32 Å². The van der Waals surface area contributed by atoms with Gasteiger partial charge in [-0.2, -0.15) is 0 Å². The third-order valence-electron chi connectivity index (χ3n) is 3.32. The van der Waals surface area contributed by atoms with Crippen molar-refractivity contribution in [2.45, 2.75) is 57.5 Å². The molecule has 0 aromatic heterocycles. The van der Waals surface area contributed by atoms with E-state index in [4.69, 9.17) is 10.8 Å². The minimum atomic E-state index is -0.790. The highest BCUT2D eigenvalue weighted by molar-refractivity contribution is 5.80. The third-order valence-corrected chi connectivity index (χ3v) is 3.32. The van der Waals surface area contributed by atoms with Crippen molar-refractivity contribution >= 4 is 11.9 Å². The molecule has 1 rings (SSSR count). The van der Waals surface area contributed by atoms with Gasteiger partial charge in [-0.1, -0.05) is 6.42 Å². The lowest BCUT2D eigenvalue weighted by Crippen LogP contribution is -2.42. The molecular formula is C12H22N2O3. The first-order chi connectivity index (χ1) is 8.00. The van der Waals surface area contributed by atoms with Crippen LogP contribution in [-0.4, -0.2) is 29.1 Å². The normalized spacial score (nSPS) is 25.5. The summed E-state index contributed by atoms with van der Waals surface area (Å²) in [7, 11) is 0. The van der Waals surface area contributed by atoms with E-state index in [0.29, 0.717) is 12.8 Å². The maximum absolute atomic E-state index is 11.9. The molecule has 98 valence electrons. The van der Waals surface area contributed by atoms with Crippen LogP contribution in [0.15, 0.2) is 0 Å². The minimum absolute atomic E-state index is 0.0128. The van der Waals surface area contributed by atoms with Crippen LogP contribution < -0.4 is 11.1 Å². The molecule has 0 aliphatic heterocycles. The van der Waals surface area contributed by atoms with Gasteiger partial charge in [-0.05, 0) is 32.6 Å². The molecule has 0 bridgehead atoms. The van der Waals surface area contributed by atoms with Gasteiger partial charge in [0.15, 0.2) is 0 Å². The number of hydrogen-bond acceptors (Lipinski definition) is 3. The van der Waals surface area contributed by atoms with Gasteiger partial charge in [-0.15, -0.1) is 0 Å². The maximum atomic E-state index is 11.9. The van der Waals surface area contributed by atoms with Crippen LogP contribution in [0.4, 0.5) is 0 Å². The molecule has 1 saturated carbocycles. The zero-order valence-electron chi connectivity index (χ0n) is 10.3. The Labute approximate surface area is 102 Å². The summed E-state index contributed by atoms with van der Waals surface area (Å²) in [6, 6.07) is 0.0101. The molecule has 5 heteroatoms. The number of rotatable bonds is 6. The van der Waals surface area contributed by atoms with Crippen molar-refractivity contribution in [3.63, 3.8) is 0 Å². The van der Waals surface area contributed by atoms with Gasteiger partial charge >= 0.3 is 5.97 Å². The number of carboxylic acid groups (broad SMARTS) is 1. The Balaban J connectivity index is 2.23. The van der Waals surface area contributed by atoms with Gasteiger partial charge in [0.25, 0.3) is 0 Å². The number of carbonyl (C=O) groups excluding carboxylic acids is 1. The average Bonchev–Trinajstić information content (AvgIpc) is 2.63. The molecule has 1 aliphatic carbocycles. The quantitative estimate of drug-likeness (QED) is 0.644. The highest BCUT2D eigenvalue weighted by atomic mass is 16.4. The van der Waals surface area contributed by atoms with E-state index in [-0.39, 0.29) is 30.3 Å². The molecule has 5 nitrogen and oxygen atoms in total. The van der Waals surface area contributed by atoms with E-state index in [1.165, 1.54) is 0 Å². The van der Waals surface area contributed by atoms with Crippen LogP contribution in [0.25, 0.3) is 0 Å². The van der Waals surface area contributed by atoms with Crippen LogP contribution in [-0.2, 0) is 9.59 Å². The van der Waals surface area contributed by atoms with Crippen LogP contribution in [0.2, 0.25) is 0 Å².